The van der Waals surface area contributed by atoms with E-state index in [1.165, 1.54) is 21.9 Å². The Morgan fingerprint density at radius 2 is 2.00 bits per heavy atom. The molecule has 2 fully saturated rings. The van der Waals surface area contributed by atoms with Gasteiger partial charge < -0.3 is 27.6 Å². The fraction of sp³-hybridized carbons (Fsp3) is 0.316. The van der Waals surface area contributed by atoms with E-state index in [1.54, 1.807) is 12.1 Å². The summed E-state index contributed by atoms with van der Waals surface area (Å²) in [6.45, 7) is 0.288. The molecule has 3 amide bonds. The summed E-state index contributed by atoms with van der Waals surface area (Å²) < 4.78 is 0. The van der Waals surface area contributed by atoms with Gasteiger partial charge in [-0.15, -0.1) is 10.2 Å². The van der Waals surface area contributed by atoms with Crippen LogP contribution >= 0.6 is 24.0 Å². The molecule has 0 radical (unpaired) electrons. The minimum absolute atomic E-state index is 0. The number of phenols is 1. The molecule has 168 valence electrons. The van der Waals surface area contributed by atoms with Gasteiger partial charge >= 0.3 is 41.6 Å². The molecular formula is C19H19N6NaO5S2. The second kappa shape index (κ2) is 8.80. The van der Waals surface area contributed by atoms with E-state index in [2.05, 4.69) is 28.1 Å². The fourth-order valence-corrected chi connectivity index (χ4v) is 5.74. The number of urea groups is 1. The Kier molecular flexibility index (Phi) is 6.35. The maximum Gasteiger partial charge on any atom is 1.00 e. The Morgan fingerprint density at radius 3 is 2.61 bits per heavy atom. The summed E-state index contributed by atoms with van der Waals surface area (Å²) in [6.07, 6.45) is 0.350. The quantitative estimate of drug-likeness (QED) is 0.146. The summed E-state index contributed by atoms with van der Waals surface area (Å²) in [4.78, 5) is 40.7. The number of anilines is 2. The number of hydrogen-bond donors (Lipinski definition) is 5. The first-order valence-corrected chi connectivity index (χ1v) is 11.0. The van der Waals surface area contributed by atoms with Crippen molar-refractivity contribution in [2.45, 2.75) is 23.8 Å². The molecule has 3 aliphatic rings. The van der Waals surface area contributed by atoms with Crippen molar-refractivity contribution in [2.75, 3.05) is 17.6 Å². The number of likely N-dealkylation sites (tertiary alicyclic amines) is 1. The molecule has 4 atom stereocenters. The zero-order valence-corrected chi connectivity index (χ0v) is 21.1. The Morgan fingerprint density at radius 1 is 1.30 bits per heavy atom. The van der Waals surface area contributed by atoms with E-state index >= 15 is 0 Å². The minimum atomic E-state index is -1.23. The fourth-order valence-electron chi connectivity index (χ4n) is 4.67. The van der Waals surface area contributed by atoms with Gasteiger partial charge in [-0.3, -0.25) is 9.69 Å². The Bertz CT molecular complexity index is 1180. The predicted molar refractivity (Wildman–Crippen MR) is 118 cm³/mol. The summed E-state index contributed by atoms with van der Waals surface area (Å²) >= 11 is 5.67. The maximum atomic E-state index is 13.0. The number of carbonyl (C=O) groups excluding carboxylic acids is 2. The number of aromatic nitrogens is 2. The summed E-state index contributed by atoms with van der Waals surface area (Å²) in [7, 11) is 0. The van der Waals surface area contributed by atoms with Crippen LogP contribution in [0.15, 0.2) is 35.5 Å². The normalized spacial score (nSPS) is 24.0. The van der Waals surface area contributed by atoms with Crippen LogP contribution in [0.2, 0.25) is 0 Å². The molecule has 11 nitrogen and oxygen atoms in total. The molecule has 0 aliphatic carbocycles. The standard InChI is InChI=1S/C19H18N6O5S2.Na.H/c20-18-23-22-15(32-18)14(31)10-5-7-6-24(19(30)21-8-1-3-9(26)4-2-8)13-11(7)25(16(13)27)12(10)17(28)29;;/h1-4,7,11,13-14,26,31H,5-6H2,(H2,20,23)(H,21,30)(H,28,29);;/q;+1;-1/t7-,11-,13+,14?;;/m1../s1. The molecule has 1 unspecified atom stereocenters. The molecule has 2 saturated heterocycles. The molecular weight excluding hydrogens is 479 g/mol. The second-order valence-corrected chi connectivity index (χ2v) is 9.35. The van der Waals surface area contributed by atoms with Gasteiger partial charge in [-0.1, -0.05) is 11.3 Å². The molecule has 5 N–H and O–H groups in total. The SMILES string of the molecule is Nc1nnc(C(S)C2=C(C(=O)O)N3C(=O)[C@@H]4[C@H]3[C@H](C2)CN4C(=O)Nc2ccc(O)cc2)s1.[H-].[Na+]. The number of benzene rings is 1. The first kappa shape index (κ1) is 23.8. The number of nitrogen functional groups attached to an aromatic ring is 1. The second-order valence-electron chi connectivity index (χ2n) is 7.80. The number of aliphatic carboxylic acids is 1. The number of aromatic hydroxyl groups is 1. The molecule has 5 rings (SSSR count). The van der Waals surface area contributed by atoms with Gasteiger partial charge in [-0.05, 0) is 36.3 Å². The van der Waals surface area contributed by atoms with Crippen molar-refractivity contribution < 1.29 is 55.6 Å². The number of thiol groups is 1. The van der Waals surface area contributed by atoms with E-state index in [-0.39, 0.29) is 60.0 Å². The third-order valence-electron chi connectivity index (χ3n) is 5.99. The molecule has 14 heteroatoms. The number of carboxylic acid groups (broad SMARTS) is 1. The van der Waals surface area contributed by atoms with Crippen LogP contribution in [0, 0.1) is 5.92 Å². The maximum absolute atomic E-state index is 13.0. The van der Waals surface area contributed by atoms with E-state index in [0.717, 1.165) is 11.3 Å². The number of carbonyl (C=O) groups is 3. The van der Waals surface area contributed by atoms with Gasteiger partial charge in [0, 0.05) is 18.2 Å². The van der Waals surface area contributed by atoms with Crippen molar-refractivity contribution in [1.82, 2.24) is 20.0 Å². The van der Waals surface area contributed by atoms with Crippen LogP contribution in [-0.2, 0) is 9.59 Å². The first-order valence-electron chi connectivity index (χ1n) is 9.69. The van der Waals surface area contributed by atoms with Gasteiger partial charge in [0.15, 0.2) is 0 Å². The van der Waals surface area contributed by atoms with Crippen LogP contribution in [0.5, 0.6) is 5.75 Å². The van der Waals surface area contributed by atoms with Gasteiger partial charge in [-0.25, -0.2) is 9.59 Å². The van der Waals surface area contributed by atoms with Crippen molar-refractivity contribution >= 4 is 52.7 Å². The Labute approximate surface area is 220 Å². The monoisotopic (exact) mass is 498 g/mol. The molecule has 0 saturated carbocycles. The number of nitrogens with zero attached hydrogens (tertiary/aromatic N) is 4. The number of nitrogens with one attached hydrogen (secondary N) is 1. The van der Waals surface area contributed by atoms with Crippen molar-refractivity contribution in [3.8, 4) is 5.75 Å². The van der Waals surface area contributed by atoms with E-state index in [0.29, 0.717) is 22.7 Å². The summed E-state index contributed by atoms with van der Waals surface area (Å²) in [6, 6.07) is 4.41. The molecule has 3 aliphatic heterocycles. The average Bonchev–Trinajstić information content (AvgIpc) is 3.35. The molecule has 0 bridgehead atoms. The number of amides is 3. The van der Waals surface area contributed by atoms with Crippen LogP contribution in [0.25, 0.3) is 0 Å². The van der Waals surface area contributed by atoms with Crippen LogP contribution < -0.4 is 40.6 Å². The summed E-state index contributed by atoms with van der Waals surface area (Å²) in [5, 5.41) is 29.7. The largest absolute Gasteiger partial charge is 1.00 e. The van der Waals surface area contributed by atoms with E-state index in [4.69, 9.17) is 5.73 Å². The smallest absolute Gasteiger partial charge is 1.00 e. The van der Waals surface area contributed by atoms with Crippen molar-refractivity contribution in [1.29, 1.82) is 0 Å². The number of β-lactam (4-membered cyclic amide) rings is 1. The van der Waals surface area contributed by atoms with E-state index in [9.17, 15) is 24.6 Å². The number of phenolic OH excluding ortho intramolecular Hbond substituents is 1. The molecule has 0 spiro atoms. The molecule has 1 aromatic heterocycles. The first-order chi connectivity index (χ1) is 15.3. The Hall–Kier alpha value is -2.32. The van der Waals surface area contributed by atoms with Gasteiger partial charge in [-0.2, -0.15) is 12.6 Å². The third-order valence-corrected chi connectivity index (χ3v) is 7.54. The number of nitrogens with two attached hydrogens (primary N) is 1. The zero-order chi connectivity index (χ0) is 22.7. The van der Waals surface area contributed by atoms with Gasteiger partial charge in [0.1, 0.15) is 22.5 Å². The molecule has 33 heavy (non-hydrogen) atoms. The van der Waals surface area contributed by atoms with Crippen molar-refractivity contribution in [2.24, 2.45) is 5.92 Å². The Balaban J connectivity index is 0.00000162. The number of rotatable bonds is 4. The number of hydrogen-bond acceptors (Lipinski definition) is 9. The topological polar surface area (TPSA) is 162 Å². The number of carboxylic acids is 1. The van der Waals surface area contributed by atoms with Crippen LogP contribution in [0.3, 0.4) is 0 Å². The molecule has 2 aromatic rings. The van der Waals surface area contributed by atoms with Crippen LogP contribution in [-0.4, -0.2) is 66.7 Å². The van der Waals surface area contributed by atoms with Crippen molar-refractivity contribution in [3.05, 3.63) is 40.5 Å². The van der Waals surface area contributed by atoms with Gasteiger partial charge in [0.2, 0.25) is 5.13 Å². The third kappa shape index (κ3) is 3.87. The summed E-state index contributed by atoms with van der Waals surface area (Å²) in [5.41, 5.74) is 6.47. The predicted octanol–water partition coefficient (Wildman–Crippen LogP) is -1.60. The van der Waals surface area contributed by atoms with Crippen molar-refractivity contribution in [3.63, 3.8) is 0 Å². The van der Waals surface area contributed by atoms with Crippen LogP contribution in [0.1, 0.15) is 18.1 Å². The van der Waals surface area contributed by atoms with Gasteiger partial charge in [0.05, 0.1) is 11.3 Å². The van der Waals surface area contributed by atoms with E-state index in [1.807, 2.05) is 0 Å². The van der Waals surface area contributed by atoms with Crippen LogP contribution in [0.4, 0.5) is 15.6 Å². The van der Waals surface area contributed by atoms with E-state index < -0.39 is 35.2 Å². The zero-order valence-electron chi connectivity index (χ0n) is 18.4. The minimum Gasteiger partial charge on any atom is -1.00 e. The molecule has 4 heterocycles. The average molecular weight is 499 g/mol. The summed E-state index contributed by atoms with van der Waals surface area (Å²) in [5.74, 6) is -1.74. The molecule has 1 aromatic carbocycles. The van der Waals surface area contributed by atoms with Gasteiger partial charge in [0.25, 0.3) is 5.91 Å².